The molecular weight excluding hydrogens is 418 g/mol. The molecule has 1 atom stereocenters. The lowest BCUT2D eigenvalue weighted by Gasteiger charge is -2.15. The Labute approximate surface area is 182 Å². The van der Waals surface area contributed by atoms with Gasteiger partial charge in [-0.15, -0.1) is 11.3 Å². The summed E-state index contributed by atoms with van der Waals surface area (Å²) in [6, 6.07) is 14.1. The zero-order valence-electron chi connectivity index (χ0n) is 16.3. The van der Waals surface area contributed by atoms with Crippen LogP contribution in [0.15, 0.2) is 53.5 Å². The zero-order valence-corrected chi connectivity index (χ0v) is 18.0. The van der Waals surface area contributed by atoms with Crippen molar-refractivity contribution in [3.05, 3.63) is 62.9 Å². The number of aromatic hydroxyl groups is 1. The molecule has 1 amide bonds. The third-order valence-electron chi connectivity index (χ3n) is 4.81. The van der Waals surface area contributed by atoms with Crippen LogP contribution in [0.3, 0.4) is 0 Å². The Morgan fingerprint density at radius 1 is 1.27 bits per heavy atom. The van der Waals surface area contributed by atoms with E-state index in [0.717, 1.165) is 16.8 Å². The first kappa shape index (κ1) is 20.1. The Bertz CT molecular complexity index is 1220. The second-order valence-electron chi connectivity index (χ2n) is 6.69. The van der Waals surface area contributed by atoms with Gasteiger partial charge in [0.2, 0.25) is 11.8 Å². The molecule has 0 saturated carbocycles. The molecule has 4 rings (SSSR count). The van der Waals surface area contributed by atoms with Crippen molar-refractivity contribution < 1.29 is 14.6 Å². The largest absolute Gasteiger partial charge is 0.497 e. The molecule has 0 saturated heterocycles. The average molecular weight is 438 g/mol. The van der Waals surface area contributed by atoms with Crippen LogP contribution in [-0.2, 0) is 4.79 Å². The van der Waals surface area contributed by atoms with Crippen LogP contribution in [0, 0.1) is 3.95 Å². The van der Waals surface area contributed by atoms with Gasteiger partial charge < -0.3 is 15.2 Å². The van der Waals surface area contributed by atoms with Crippen molar-refractivity contribution in [2.75, 3.05) is 12.4 Å². The Balaban J connectivity index is 1.59. The number of fused-ring (bicyclic) bond motifs is 1. The van der Waals surface area contributed by atoms with Crippen LogP contribution in [0.1, 0.15) is 23.4 Å². The van der Waals surface area contributed by atoms with E-state index in [2.05, 4.69) is 10.3 Å². The van der Waals surface area contributed by atoms with Gasteiger partial charge in [-0.05, 0) is 55.5 Å². The molecule has 0 aliphatic carbocycles. The summed E-state index contributed by atoms with van der Waals surface area (Å²) in [5.41, 5.74) is 3.40. The fourth-order valence-electron chi connectivity index (χ4n) is 3.16. The number of aromatic nitrogens is 1. The van der Waals surface area contributed by atoms with Crippen LogP contribution < -0.4 is 10.1 Å². The lowest BCUT2D eigenvalue weighted by Crippen LogP contribution is -2.23. The average Bonchev–Trinajstić information content (AvgIpc) is 3.28. The van der Waals surface area contributed by atoms with Gasteiger partial charge in [0.25, 0.3) is 0 Å². The maximum atomic E-state index is 12.7. The molecule has 1 unspecified atom stereocenters. The van der Waals surface area contributed by atoms with Crippen LogP contribution in [0.5, 0.6) is 11.6 Å². The molecule has 1 aromatic heterocycles. The van der Waals surface area contributed by atoms with Crippen LogP contribution in [0.25, 0.3) is 11.6 Å². The summed E-state index contributed by atoms with van der Waals surface area (Å²) < 4.78 is 7.00. The third-order valence-corrected chi connectivity index (χ3v) is 6.15. The molecule has 1 aliphatic rings. The number of nitrogens with zero attached hydrogens (tertiary/aromatic N) is 2. The van der Waals surface area contributed by atoms with Gasteiger partial charge in [0, 0.05) is 23.0 Å². The topological polar surface area (TPSA) is 75.8 Å². The van der Waals surface area contributed by atoms with Crippen molar-refractivity contribution >= 4 is 58.7 Å². The van der Waals surface area contributed by atoms with E-state index in [1.54, 1.807) is 44.5 Å². The Kier molecular flexibility index (Phi) is 5.52. The molecule has 152 valence electrons. The van der Waals surface area contributed by atoms with Crippen molar-refractivity contribution in [1.82, 2.24) is 4.57 Å². The van der Waals surface area contributed by atoms with Gasteiger partial charge in [0.15, 0.2) is 3.95 Å². The lowest BCUT2D eigenvalue weighted by molar-refractivity contribution is -0.118. The minimum Gasteiger partial charge on any atom is -0.497 e. The maximum absolute atomic E-state index is 12.7. The van der Waals surface area contributed by atoms with Crippen LogP contribution in [0.2, 0.25) is 0 Å². The zero-order chi connectivity index (χ0) is 21.3. The summed E-state index contributed by atoms with van der Waals surface area (Å²) in [5, 5.41) is 13.6. The number of anilines is 1. The smallest absolute Gasteiger partial charge is 0.247 e. The number of amides is 1. The molecule has 30 heavy (non-hydrogen) atoms. The quantitative estimate of drug-likeness (QED) is 0.521. The van der Waals surface area contributed by atoms with Crippen LogP contribution in [-0.4, -0.2) is 28.9 Å². The van der Waals surface area contributed by atoms with Gasteiger partial charge in [-0.25, -0.2) is 0 Å². The Morgan fingerprint density at radius 3 is 2.73 bits per heavy atom. The van der Waals surface area contributed by atoms with E-state index < -0.39 is 6.04 Å². The number of rotatable bonds is 5. The molecule has 2 N–H and O–H groups in total. The SMILES string of the molecule is COc1ccc(NC(=O)C(C)n2c(O)c(/C=C3\C=Nc4ccccc43)sc2=S)cc1. The van der Waals surface area contributed by atoms with Crippen LogP contribution >= 0.6 is 23.6 Å². The predicted molar refractivity (Wildman–Crippen MR) is 124 cm³/mol. The van der Waals surface area contributed by atoms with E-state index in [-0.39, 0.29) is 11.8 Å². The number of aliphatic imine (C=N–C) groups is 1. The Hall–Kier alpha value is -3.23. The van der Waals surface area contributed by atoms with Crippen molar-refractivity contribution in [3.63, 3.8) is 0 Å². The number of benzene rings is 2. The lowest BCUT2D eigenvalue weighted by atomic mass is 10.1. The highest BCUT2D eigenvalue weighted by atomic mass is 32.1. The summed E-state index contributed by atoms with van der Waals surface area (Å²) in [6.07, 6.45) is 3.60. The molecule has 0 spiro atoms. The Morgan fingerprint density at radius 2 is 2.00 bits per heavy atom. The third kappa shape index (κ3) is 3.79. The van der Waals surface area contributed by atoms with Crippen molar-refractivity contribution in [2.24, 2.45) is 4.99 Å². The minimum atomic E-state index is -0.687. The van der Waals surface area contributed by atoms with Crippen molar-refractivity contribution in [1.29, 1.82) is 0 Å². The molecule has 0 bridgehead atoms. The first-order valence-electron chi connectivity index (χ1n) is 9.22. The van der Waals surface area contributed by atoms with Gasteiger partial charge in [0.05, 0.1) is 17.7 Å². The number of para-hydroxylation sites is 1. The van der Waals surface area contributed by atoms with Gasteiger partial charge in [-0.2, -0.15) is 0 Å². The highest BCUT2D eigenvalue weighted by molar-refractivity contribution is 7.73. The maximum Gasteiger partial charge on any atom is 0.247 e. The number of thiazole rings is 1. The number of carbonyl (C=O) groups excluding carboxylic acids is 1. The highest BCUT2D eigenvalue weighted by Crippen LogP contribution is 2.37. The summed E-state index contributed by atoms with van der Waals surface area (Å²) in [4.78, 5) is 17.7. The van der Waals surface area contributed by atoms with E-state index in [9.17, 15) is 9.90 Å². The van der Waals surface area contributed by atoms with E-state index >= 15 is 0 Å². The standard InChI is InChI=1S/C22H19N3O3S2/c1-13(20(26)24-15-7-9-16(28-2)10-8-15)25-21(27)19(30-22(25)29)11-14-12-23-18-6-4-3-5-17(14)18/h3-13,27H,1-2H3,(H,24,26)/b14-11+. The molecule has 8 heteroatoms. The van der Waals surface area contributed by atoms with E-state index in [1.807, 2.05) is 30.3 Å². The summed E-state index contributed by atoms with van der Waals surface area (Å²) in [5.74, 6) is 0.387. The summed E-state index contributed by atoms with van der Waals surface area (Å²) >= 11 is 6.69. The number of hydrogen-bond acceptors (Lipinski definition) is 6. The number of methoxy groups -OCH3 is 1. The monoisotopic (exact) mass is 437 g/mol. The fraction of sp³-hybridized carbons (Fsp3) is 0.136. The summed E-state index contributed by atoms with van der Waals surface area (Å²) in [6.45, 7) is 1.70. The number of hydrogen-bond donors (Lipinski definition) is 2. The molecule has 0 radical (unpaired) electrons. The molecule has 2 aromatic carbocycles. The van der Waals surface area contributed by atoms with Gasteiger partial charge in [0.1, 0.15) is 11.8 Å². The number of ether oxygens (including phenoxy) is 1. The van der Waals surface area contributed by atoms with E-state index in [0.29, 0.717) is 20.3 Å². The van der Waals surface area contributed by atoms with Crippen molar-refractivity contribution in [2.45, 2.75) is 13.0 Å². The molecule has 3 aromatic rings. The minimum absolute atomic E-state index is 0.0346. The van der Waals surface area contributed by atoms with Gasteiger partial charge in [-0.3, -0.25) is 14.4 Å². The fourth-order valence-corrected chi connectivity index (χ4v) is 4.58. The summed E-state index contributed by atoms with van der Waals surface area (Å²) in [7, 11) is 1.58. The molecule has 1 aliphatic heterocycles. The first-order chi connectivity index (χ1) is 14.5. The number of nitrogens with one attached hydrogen (secondary N) is 1. The molecule has 6 nitrogen and oxygen atoms in total. The van der Waals surface area contributed by atoms with E-state index in [1.165, 1.54) is 15.9 Å². The van der Waals surface area contributed by atoms with Crippen molar-refractivity contribution in [3.8, 4) is 11.6 Å². The van der Waals surface area contributed by atoms with E-state index in [4.69, 9.17) is 17.0 Å². The normalized spacial score (nSPS) is 14.5. The molecule has 2 heterocycles. The van der Waals surface area contributed by atoms with Gasteiger partial charge >= 0.3 is 0 Å². The van der Waals surface area contributed by atoms with Crippen LogP contribution in [0.4, 0.5) is 11.4 Å². The second-order valence-corrected chi connectivity index (χ2v) is 8.37. The highest BCUT2D eigenvalue weighted by Gasteiger charge is 2.22. The first-order valence-corrected chi connectivity index (χ1v) is 10.4. The second kappa shape index (κ2) is 8.25. The number of allylic oxidation sites excluding steroid dienone is 1. The molecule has 0 fully saturated rings. The van der Waals surface area contributed by atoms with Gasteiger partial charge in [-0.1, -0.05) is 18.2 Å². The molecular formula is C22H19N3O3S2. The number of carbonyl (C=O) groups is 1. The predicted octanol–water partition coefficient (Wildman–Crippen LogP) is 5.45.